The second-order valence-corrected chi connectivity index (χ2v) is 33.7. The molecular formula is C46H76O5Si3. The molecule has 0 spiro atoms. The summed E-state index contributed by atoms with van der Waals surface area (Å²) in [5.74, 6) is 1.19. The Morgan fingerprint density at radius 3 is 1.31 bits per heavy atom. The second kappa shape index (κ2) is 18.5. The van der Waals surface area contributed by atoms with Gasteiger partial charge < -0.3 is 22.8 Å². The number of methoxy groups -OCH3 is 1. The van der Waals surface area contributed by atoms with Crippen LogP contribution in [0.25, 0.3) is 0 Å². The molecule has 302 valence electrons. The lowest BCUT2D eigenvalue weighted by Gasteiger charge is -2.49. The van der Waals surface area contributed by atoms with Crippen molar-refractivity contribution >= 4 is 35.3 Å². The van der Waals surface area contributed by atoms with Gasteiger partial charge >= 0.3 is 0 Å². The highest BCUT2D eigenvalue weighted by atomic mass is 28.4. The van der Waals surface area contributed by atoms with Gasteiger partial charge in [0.15, 0.2) is 16.6 Å². The van der Waals surface area contributed by atoms with Crippen molar-refractivity contribution in [3.63, 3.8) is 0 Å². The van der Waals surface area contributed by atoms with Gasteiger partial charge in [0.2, 0.25) is 0 Å². The minimum atomic E-state index is -2.75. The van der Waals surface area contributed by atoms with E-state index in [-0.39, 0.29) is 45.1 Å². The molecule has 0 aliphatic carbocycles. The largest absolute Gasteiger partial charge is 0.497 e. The average molecular weight is 793 g/mol. The molecule has 5 nitrogen and oxygen atoms in total. The highest BCUT2D eigenvalue weighted by Gasteiger charge is 2.52. The number of ether oxygens (including phenoxy) is 2. The smallest absolute Gasteiger partial charge is 0.261 e. The predicted molar refractivity (Wildman–Crippen MR) is 238 cm³/mol. The quantitative estimate of drug-likeness (QED) is 0.120. The lowest BCUT2D eigenvalue weighted by atomic mass is 9.85. The molecular weight excluding hydrogens is 717 g/mol. The second-order valence-electron chi connectivity index (χ2n) is 19.8. The average Bonchev–Trinajstić information content (AvgIpc) is 3.09. The lowest BCUT2D eigenvalue weighted by molar-refractivity contribution is -0.0438. The van der Waals surface area contributed by atoms with Crippen molar-refractivity contribution < 1.29 is 22.8 Å². The Morgan fingerprint density at radius 1 is 0.537 bits per heavy atom. The van der Waals surface area contributed by atoms with E-state index in [1.54, 1.807) is 7.11 Å². The van der Waals surface area contributed by atoms with Gasteiger partial charge in [-0.05, 0) is 69.4 Å². The van der Waals surface area contributed by atoms with E-state index in [9.17, 15) is 0 Å². The van der Waals surface area contributed by atoms with Crippen molar-refractivity contribution in [3.05, 3.63) is 90.5 Å². The van der Waals surface area contributed by atoms with Crippen molar-refractivity contribution in [3.8, 4) is 5.75 Å². The summed E-state index contributed by atoms with van der Waals surface area (Å²) in [5, 5.41) is 2.59. The standard InChI is InChI=1S/C46H76O5Si3/c1-35(32-48-34-38-28-30-39(47-13)31-29-38)42(50-52(14,15)44(4,5)6)37(3)43(51-53(16,17)45(7,8)9)36(2)33-49-54(46(10,11)12,40-24-20-18-21-25-40)41-26-22-19-23-27-41/h18-31,35-37,42-43H,32-34H2,1-17H3/t35-,36+,37+,42-,43-/m0/s1. The zero-order valence-electron chi connectivity index (χ0n) is 37.1. The topological polar surface area (TPSA) is 46.2 Å². The van der Waals surface area contributed by atoms with Crippen LogP contribution in [0.1, 0.15) is 88.6 Å². The molecule has 3 rings (SSSR count). The predicted octanol–water partition coefficient (Wildman–Crippen LogP) is 11.5. The third kappa shape index (κ3) is 11.3. The van der Waals surface area contributed by atoms with Crippen LogP contribution in [0.4, 0.5) is 0 Å². The van der Waals surface area contributed by atoms with E-state index in [2.05, 4.69) is 182 Å². The normalized spacial score (nSPS) is 16.4. The molecule has 0 radical (unpaired) electrons. The Labute approximate surface area is 334 Å². The molecule has 3 aromatic carbocycles. The first kappa shape index (κ1) is 46.3. The molecule has 0 bridgehead atoms. The molecule has 0 aromatic heterocycles. The molecule has 0 unspecified atom stereocenters. The molecule has 5 atom stereocenters. The van der Waals surface area contributed by atoms with Crippen LogP contribution in [0, 0.1) is 17.8 Å². The Balaban J connectivity index is 2.06. The van der Waals surface area contributed by atoms with Gasteiger partial charge in [-0.3, -0.25) is 0 Å². The molecule has 0 aliphatic rings. The molecule has 54 heavy (non-hydrogen) atoms. The minimum absolute atomic E-state index is 0.0480. The first-order valence-corrected chi connectivity index (χ1v) is 27.9. The Morgan fingerprint density at radius 2 is 0.944 bits per heavy atom. The molecule has 0 N–H and O–H groups in total. The summed E-state index contributed by atoms with van der Waals surface area (Å²) >= 11 is 0. The summed E-state index contributed by atoms with van der Waals surface area (Å²) in [5.41, 5.74) is 1.13. The highest BCUT2D eigenvalue weighted by Crippen LogP contribution is 2.44. The third-order valence-corrected chi connectivity index (χ3v) is 26.4. The Hall–Kier alpha value is -2.05. The highest BCUT2D eigenvalue weighted by molar-refractivity contribution is 6.99. The van der Waals surface area contributed by atoms with Crippen molar-refractivity contribution in [2.45, 2.75) is 143 Å². The zero-order chi connectivity index (χ0) is 40.8. The summed E-state index contributed by atoms with van der Waals surface area (Å²) in [6, 6.07) is 30.1. The third-order valence-electron chi connectivity index (χ3n) is 12.4. The number of rotatable bonds is 18. The summed E-state index contributed by atoms with van der Waals surface area (Å²) in [6.07, 6.45) is -0.144. The first-order valence-electron chi connectivity index (χ1n) is 20.2. The minimum Gasteiger partial charge on any atom is -0.497 e. The van der Waals surface area contributed by atoms with Crippen molar-refractivity contribution in [2.24, 2.45) is 17.8 Å². The van der Waals surface area contributed by atoms with Crippen LogP contribution in [0.2, 0.25) is 41.3 Å². The molecule has 0 aliphatic heterocycles. The summed E-state index contributed by atoms with van der Waals surface area (Å²) in [4.78, 5) is 0. The van der Waals surface area contributed by atoms with Crippen molar-refractivity contribution in [2.75, 3.05) is 20.3 Å². The molecule has 3 aromatic rings. The van der Waals surface area contributed by atoms with Gasteiger partial charge in [0, 0.05) is 24.4 Å². The number of hydrogen-bond donors (Lipinski definition) is 0. The first-order chi connectivity index (χ1) is 24.9. The van der Waals surface area contributed by atoms with Gasteiger partial charge in [-0.2, -0.15) is 0 Å². The monoisotopic (exact) mass is 793 g/mol. The van der Waals surface area contributed by atoms with Crippen molar-refractivity contribution in [1.82, 2.24) is 0 Å². The van der Waals surface area contributed by atoms with E-state index in [1.807, 2.05) is 12.1 Å². The van der Waals surface area contributed by atoms with Gasteiger partial charge in [0.25, 0.3) is 8.32 Å². The maximum Gasteiger partial charge on any atom is 0.261 e. The van der Waals surface area contributed by atoms with Crippen LogP contribution in [0.5, 0.6) is 5.75 Å². The van der Waals surface area contributed by atoms with E-state index in [0.29, 0.717) is 19.8 Å². The van der Waals surface area contributed by atoms with E-state index in [0.717, 1.165) is 11.3 Å². The van der Waals surface area contributed by atoms with Crippen LogP contribution >= 0.6 is 0 Å². The molecule has 0 saturated heterocycles. The summed E-state index contributed by atoms with van der Waals surface area (Å²) in [6.45, 7) is 39.3. The van der Waals surface area contributed by atoms with Gasteiger partial charge in [-0.1, -0.05) is 156 Å². The van der Waals surface area contributed by atoms with E-state index in [4.69, 9.17) is 22.8 Å². The fraction of sp³-hybridized carbons (Fsp3) is 0.609. The Bertz CT molecular complexity index is 1500. The van der Waals surface area contributed by atoms with E-state index in [1.165, 1.54) is 10.4 Å². The fourth-order valence-electron chi connectivity index (χ4n) is 7.00. The van der Waals surface area contributed by atoms with Gasteiger partial charge in [-0.25, -0.2) is 0 Å². The molecule has 0 heterocycles. The van der Waals surface area contributed by atoms with Crippen LogP contribution < -0.4 is 15.1 Å². The lowest BCUT2D eigenvalue weighted by Crippen LogP contribution is -2.67. The Kier molecular flexibility index (Phi) is 15.9. The van der Waals surface area contributed by atoms with Gasteiger partial charge in [-0.15, -0.1) is 0 Å². The van der Waals surface area contributed by atoms with Crippen LogP contribution in [0.15, 0.2) is 84.9 Å². The fourth-order valence-corrected chi connectivity index (χ4v) is 14.6. The molecule has 8 heteroatoms. The number of hydrogen-bond acceptors (Lipinski definition) is 5. The SMILES string of the molecule is COc1ccc(COC[C@H](C)[C@H](O[Si](C)(C)C(C)(C)C)[C@@H](C)[C@@H](O[Si](C)(C)C(C)(C)C)[C@H](C)CO[Si](c2ccccc2)(c2ccccc2)C(C)(C)C)cc1. The maximum atomic E-state index is 7.59. The summed E-state index contributed by atoms with van der Waals surface area (Å²) < 4.78 is 34.5. The van der Waals surface area contributed by atoms with Gasteiger partial charge in [0.05, 0.1) is 32.5 Å². The maximum absolute atomic E-state index is 7.59. The van der Waals surface area contributed by atoms with Crippen LogP contribution in [-0.4, -0.2) is 57.5 Å². The summed E-state index contributed by atoms with van der Waals surface area (Å²) in [7, 11) is -5.46. The van der Waals surface area contributed by atoms with Crippen LogP contribution in [0.3, 0.4) is 0 Å². The molecule has 0 amide bonds. The van der Waals surface area contributed by atoms with Gasteiger partial charge in [0.1, 0.15) is 5.75 Å². The number of benzene rings is 3. The molecule has 0 fully saturated rings. The van der Waals surface area contributed by atoms with Crippen molar-refractivity contribution in [1.29, 1.82) is 0 Å². The van der Waals surface area contributed by atoms with Crippen LogP contribution in [-0.2, 0) is 24.6 Å². The van der Waals surface area contributed by atoms with E-state index >= 15 is 0 Å². The zero-order valence-corrected chi connectivity index (χ0v) is 40.1. The van der Waals surface area contributed by atoms with E-state index < -0.39 is 25.0 Å². The molecule has 0 saturated carbocycles.